The van der Waals surface area contributed by atoms with Crippen molar-refractivity contribution in [3.8, 4) is 11.3 Å². The molecule has 23 heavy (non-hydrogen) atoms. The fourth-order valence-corrected chi connectivity index (χ4v) is 4.08. The number of hydrogen-bond acceptors (Lipinski definition) is 4. The van der Waals surface area contributed by atoms with Crippen LogP contribution in [0.25, 0.3) is 11.3 Å². The van der Waals surface area contributed by atoms with Crippen LogP contribution in [-0.4, -0.2) is 28.5 Å². The van der Waals surface area contributed by atoms with Crippen molar-refractivity contribution in [2.24, 2.45) is 7.05 Å². The molecule has 0 aliphatic heterocycles. The summed E-state index contributed by atoms with van der Waals surface area (Å²) in [6.07, 6.45) is 3.94. The molecule has 7 heteroatoms. The topological polar surface area (TPSA) is 74.0 Å². The zero-order chi connectivity index (χ0) is 16.6. The second-order valence-corrected chi connectivity index (χ2v) is 6.96. The number of aromatic nitrogens is 3. The molecule has 0 aliphatic rings. The van der Waals surface area contributed by atoms with Crippen LogP contribution < -0.4 is 0 Å². The van der Waals surface area contributed by atoms with Crippen LogP contribution in [0.15, 0.2) is 53.7 Å². The lowest BCUT2D eigenvalue weighted by atomic mass is 10.2. The largest absolute Gasteiger partial charge is 0.298 e. The molecule has 0 N–H and O–H groups in total. The Morgan fingerprint density at radius 1 is 1.17 bits per heavy atom. The van der Waals surface area contributed by atoms with Gasteiger partial charge in [-0.25, -0.2) is 12.4 Å². The maximum Gasteiger partial charge on any atom is 0.268 e. The quantitative estimate of drug-likeness (QED) is 0.688. The van der Waals surface area contributed by atoms with E-state index >= 15 is 0 Å². The molecule has 0 aliphatic carbocycles. The van der Waals surface area contributed by atoms with Crippen molar-refractivity contribution in [3.63, 3.8) is 0 Å². The molecule has 0 saturated heterocycles. The molecule has 0 saturated carbocycles. The number of aryl methyl sites for hydroxylation is 1. The molecule has 118 valence electrons. The third kappa shape index (κ3) is 2.49. The van der Waals surface area contributed by atoms with Crippen molar-refractivity contribution >= 4 is 16.3 Å². The molecule has 0 spiro atoms. The molecule has 0 fully saturated rings. The van der Waals surface area contributed by atoms with E-state index in [1.165, 1.54) is 16.1 Å². The van der Waals surface area contributed by atoms with Gasteiger partial charge in [-0.15, -0.1) is 0 Å². The van der Waals surface area contributed by atoms with Crippen molar-refractivity contribution in [2.75, 3.05) is 0 Å². The summed E-state index contributed by atoms with van der Waals surface area (Å²) in [6.45, 7) is 1.62. The van der Waals surface area contributed by atoms with Gasteiger partial charge in [0.2, 0.25) is 0 Å². The highest BCUT2D eigenvalue weighted by Crippen LogP contribution is 2.29. The summed E-state index contributed by atoms with van der Waals surface area (Å²) in [5.41, 5.74) is 1.76. The lowest BCUT2D eigenvalue weighted by Gasteiger charge is -2.12. The Morgan fingerprint density at radius 2 is 1.87 bits per heavy atom. The molecule has 3 aromatic rings. The van der Waals surface area contributed by atoms with E-state index in [2.05, 4.69) is 5.10 Å². The van der Waals surface area contributed by atoms with Crippen LogP contribution >= 0.6 is 0 Å². The molecule has 0 amide bonds. The van der Waals surface area contributed by atoms with Gasteiger partial charge < -0.3 is 0 Å². The monoisotopic (exact) mass is 329 g/mol. The van der Waals surface area contributed by atoms with E-state index < -0.39 is 10.0 Å². The van der Waals surface area contributed by atoms with Crippen molar-refractivity contribution in [3.05, 3.63) is 60.0 Å². The summed E-state index contributed by atoms with van der Waals surface area (Å²) in [5.74, 6) is 0. The number of aldehydes is 1. The number of benzene rings is 1. The minimum Gasteiger partial charge on any atom is -0.298 e. The van der Waals surface area contributed by atoms with Gasteiger partial charge >= 0.3 is 0 Å². The van der Waals surface area contributed by atoms with Gasteiger partial charge in [0.15, 0.2) is 6.29 Å². The maximum atomic E-state index is 13.0. The van der Waals surface area contributed by atoms with E-state index in [9.17, 15) is 13.2 Å². The summed E-state index contributed by atoms with van der Waals surface area (Å²) < 4.78 is 28.8. The van der Waals surface area contributed by atoms with E-state index in [-0.39, 0.29) is 4.90 Å². The first-order valence-corrected chi connectivity index (χ1v) is 8.36. The lowest BCUT2D eigenvalue weighted by Crippen LogP contribution is -2.15. The molecule has 6 nitrogen and oxygen atoms in total. The standard InChI is InChI=1S/C16H15N3O3S/c1-12-13(11-20)8-16(14-9-17-18(2)10-14)19(12)23(21,22)15-6-4-3-5-7-15/h3-11H,1-2H3. The number of rotatable bonds is 4. The molecular formula is C16H15N3O3S. The van der Waals surface area contributed by atoms with E-state index in [0.717, 1.165) is 0 Å². The number of carbonyl (C=O) groups is 1. The van der Waals surface area contributed by atoms with Crippen LogP contribution in [-0.2, 0) is 17.1 Å². The van der Waals surface area contributed by atoms with Crippen LogP contribution in [0.3, 0.4) is 0 Å². The molecule has 0 bridgehead atoms. The molecule has 0 unspecified atom stereocenters. The Hall–Kier alpha value is -2.67. The second kappa shape index (κ2) is 5.51. The molecule has 3 rings (SSSR count). The Kier molecular flexibility index (Phi) is 3.65. The van der Waals surface area contributed by atoms with Gasteiger partial charge in [-0.05, 0) is 25.1 Å². The summed E-state index contributed by atoms with van der Waals surface area (Å²) >= 11 is 0. The van der Waals surface area contributed by atoms with Crippen LogP contribution in [0.2, 0.25) is 0 Å². The second-order valence-electron chi connectivity index (χ2n) is 5.17. The normalized spacial score (nSPS) is 11.6. The van der Waals surface area contributed by atoms with Crippen LogP contribution in [0.1, 0.15) is 16.1 Å². The number of carbonyl (C=O) groups excluding carboxylic acids is 1. The summed E-state index contributed by atoms with van der Waals surface area (Å²) in [4.78, 5) is 11.4. The van der Waals surface area contributed by atoms with Crippen LogP contribution in [0.5, 0.6) is 0 Å². The lowest BCUT2D eigenvalue weighted by molar-refractivity contribution is 0.112. The van der Waals surface area contributed by atoms with Crippen LogP contribution in [0, 0.1) is 6.92 Å². The molecule has 2 heterocycles. The zero-order valence-corrected chi connectivity index (χ0v) is 13.5. The SMILES string of the molecule is Cc1c(C=O)cc(-c2cnn(C)c2)n1S(=O)(=O)c1ccccc1. The number of hydrogen-bond donors (Lipinski definition) is 0. The Balaban J connectivity index is 2.31. The first-order chi connectivity index (χ1) is 10.9. The first-order valence-electron chi connectivity index (χ1n) is 6.92. The van der Waals surface area contributed by atoms with E-state index in [1.807, 2.05) is 0 Å². The predicted molar refractivity (Wildman–Crippen MR) is 85.8 cm³/mol. The Bertz CT molecular complexity index is 969. The van der Waals surface area contributed by atoms with Crippen molar-refractivity contribution in [1.82, 2.24) is 13.8 Å². The summed E-state index contributed by atoms with van der Waals surface area (Å²) in [6, 6.07) is 9.71. The van der Waals surface area contributed by atoms with Gasteiger partial charge in [0, 0.05) is 30.1 Å². The zero-order valence-electron chi connectivity index (χ0n) is 12.7. The Labute approximate surface area is 134 Å². The van der Waals surface area contributed by atoms with Gasteiger partial charge in [0.05, 0.1) is 16.8 Å². The average Bonchev–Trinajstić information content (AvgIpc) is 3.11. The van der Waals surface area contributed by atoms with Crippen molar-refractivity contribution in [1.29, 1.82) is 0 Å². The van der Waals surface area contributed by atoms with Gasteiger partial charge in [0.1, 0.15) is 0 Å². The minimum absolute atomic E-state index is 0.168. The highest BCUT2D eigenvalue weighted by atomic mass is 32.2. The van der Waals surface area contributed by atoms with Gasteiger partial charge in [-0.1, -0.05) is 18.2 Å². The van der Waals surface area contributed by atoms with Crippen molar-refractivity contribution < 1.29 is 13.2 Å². The number of nitrogens with zero attached hydrogens (tertiary/aromatic N) is 3. The fraction of sp³-hybridized carbons (Fsp3) is 0.125. The van der Waals surface area contributed by atoms with Gasteiger partial charge in [0.25, 0.3) is 10.0 Å². The van der Waals surface area contributed by atoms with Crippen LogP contribution in [0.4, 0.5) is 0 Å². The smallest absolute Gasteiger partial charge is 0.268 e. The van der Waals surface area contributed by atoms with E-state index in [4.69, 9.17) is 0 Å². The van der Waals surface area contributed by atoms with Gasteiger partial charge in [-0.2, -0.15) is 5.10 Å². The van der Waals surface area contributed by atoms with Gasteiger partial charge in [-0.3, -0.25) is 9.48 Å². The third-order valence-electron chi connectivity index (χ3n) is 3.64. The van der Waals surface area contributed by atoms with Crippen molar-refractivity contribution in [2.45, 2.75) is 11.8 Å². The Morgan fingerprint density at radius 3 is 2.43 bits per heavy atom. The summed E-state index contributed by atoms with van der Waals surface area (Å²) in [7, 11) is -2.06. The highest BCUT2D eigenvalue weighted by Gasteiger charge is 2.25. The molecular weight excluding hydrogens is 314 g/mol. The summed E-state index contributed by atoms with van der Waals surface area (Å²) in [5, 5.41) is 4.07. The molecule has 0 radical (unpaired) electrons. The van der Waals surface area contributed by atoms with E-state index in [0.29, 0.717) is 28.8 Å². The molecule has 0 atom stereocenters. The minimum atomic E-state index is -3.81. The third-order valence-corrected chi connectivity index (χ3v) is 5.46. The first kappa shape index (κ1) is 15.2. The van der Waals surface area contributed by atoms with E-state index in [1.54, 1.807) is 55.3 Å². The average molecular weight is 329 g/mol. The molecule has 1 aromatic carbocycles. The highest BCUT2D eigenvalue weighted by molar-refractivity contribution is 7.90. The predicted octanol–water partition coefficient (Wildman–Crippen LogP) is 2.25. The molecule has 2 aromatic heterocycles. The fourth-order valence-electron chi connectivity index (χ4n) is 2.49. The maximum absolute atomic E-state index is 13.0.